The van der Waals surface area contributed by atoms with Crippen LogP contribution in [0.3, 0.4) is 0 Å². The first kappa shape index (κ1) is 9.71. The number of hydrogen-bond acceptors (Lipinski definition) is 3. The van der Waals surface area contributed by atoms with E-state index in [2.05, 4.69) is 5.16 Å². The van der Waals surface area contributed by atoms with Gasteiger partial charge in [-0.2, -0.15) is 0 Å². The molecule has 15 heavy (non-hydrogen) atoms. The van der Waals surface area contributed by atoms with Crippen molar-refractivity contribution < 1.29 is 14.4 Å². The third kappa shape index (κ3) is 1.98. The summed E-state index contributed by atoms with van der Waals surface area (Å²) in [4.78, 5) is 10.4. The van der Waals surface area contributed by atoms with Crippen LogP contribution >= 0.6 is 0 Å². The van der Waals surface area contributed by atoms with Crippen molar-refractivity contribution >= 4 is 16.9 Å². The Morgan fingerprint density at radius 1 is 1.53 bits per heavy atom. The van der Waals surface area contributed by atoms with Crippen molar-refractivity contribution in [3.63, 3.8) is 0 Å². The molecule has 4 nitrogen and oxygen atoms in total. The normalized spacial score (nSPS) is 10.7. The van der Waals surface area contributed by atoms with Crippen LogP contribution in [-0.4, -0.2) is 16.2 Å². The molecule has 2 aromatic rings. The Bertz CT molecular complexity index is 502. The molecule has 0 amide bonds. The van der Waals surface area contributed by atoms with Gasteiger partial charge in [-0.15, -0.1) is 0 Å². The highest BCUT2D eigenvalue weighted by molar-refractivity contribution is 5.81. The standard InChI is InChI=1S/C11H11NO3/c1-7-2-3-9-8(6-7)10(15-12-9)4-5-11(13)14/h2-3,6H,4-5H2,1H3,(H,13,14). The van der Waals surface area contributed by atoms with E-state index >= 15 is 0 Å². The van der Waals surface area contributed by atoms with Crippen molar-refractivity contribution in [2.24, 2.45) is 0 Å². The van der Waals surface area contributed by atoms with Crippen LogP contribution in [0.1, 0.15) is 17.7 Å². The number of fused-ring (bicyclic) bond motifs is 1. The molecule has 0 bridgehead atoms. The topological polar surface area (TPSA) is 63.3 Å². The smallest absolute Gasteiger partial charge is 0.303 e. The largest absolute Gasteiger partial charge is 0.481 e. The zero-order valence-corrected chi connectivity index (χ0v) is 8.36. The fraction of sp³-hybridized carbons (Fsp3) is 0.273. The zero-order valence-electron chi connectivity index (χ0n) is 8.36. The van der Waals surface area contributed by atoms with Crippen molar-refractivity contribution in [1.29, 1.82) is 0 Å². The number of hydrogen-bond donors (Lipinski definition) is 1. The van der Waals surface area contributed by atoms with Crippen LogP contribution in [0.4, 0.5) is 0 Å². The van der Waals surface area contributed by atoms with E-state index in [1.165, 1.54) is 0 Å². The molecular formula is C11H11NO3. The Kier molecular flexibility index (Phi) is 2.41. The highest BCUT2D eigenvalue weighted by Gasteiger charge is 2.09. The first-order valence-electron chi connectivity index (χ1n) is 4.73. The van der Waals surface area contributed by atoms with Gasteiger partial charge in [-0.25, -0.2) is 0 Å². The molecule has 0 saturated heterocycles. The van der Waals surface area contributed by atoms with E-state index in [1.54, 1.807) is 0 Å². The zero-order chi connectivity index (χ0) is 10.8. The van der Waals surface area contributed by atoms with Crippen LogP contribution in [-0.2, 0) is 11.2 Å². The highest BCUT2D eigenvalue weighted by atomic mass is 16.5. The molecule has 0 aliphatic rings. The summed E-state index contributed by atoms with van der Waals surface area (Å²) in [6.07, 6.45) is 0.452. The molecule has 2 rings (SSSR count). The Morgan fingerprint density at radius 3 is 3.07 bits per heavy atom. The molecule has 0 saturated carbocycles. The van der Waals surface area contributed by atoms with Gasteiger partial charge in [0, 0.05) is 11.8 Å². The SMILES string of the molecule is Cc1ccc2noc(CCC(=O)O)c2c1. The summed E-state index contributed by atoms with van der Waals surface area (Å²) in [5.74, 6) is -0.177. The summed E-state index contributed by atoms with van der Waals surface area (Å²) in [6, 6.07) is 5.78. The number of aliphatic carboxylic acids is 1. The second-order valence-electron chi connectivity index (χ2n) is 3.52. The second-order valence-corrected chi connectivity index (χ2v) is 3.52. The average Bonchev–Trinajstić information content (AvgIpc) is 2.57. The number of rotatable bonds is 3. The van der Waals surface area contributed by atoms with E-state index in [0.717, 1.165) is 16.5 Å². The third-order valence-corrected chi connectivity index (χ3v) is 2.27. The van der Waals surface area contributed by atoms with Gasteiger partial charge in [0.15, 0.2) is 0 Å². The monoisotopic (exact) mass is 205 g/mol. The lowest BCUT2D eigenvalue weighted by molar-refractivity contribution is -0.137. The first-order valence-corrected chi connectivity index (χ1v) is 4.73. The maximum atomic E-state index is 10.4. The summed E-state index contributed by atoms with van der Waals surface area (Å²) in [5.41, 5.74) is 1.89. The predicted molar refractivity (Wildman–Crippen MR) is 54.7 cm³/mol. The minimum atomic E-state index is -0.827. The maximum absolute atomic E-state index is 10.4. The van der Waals surface area contributed by atoms with E-state index in [1.807, 2.05) is 25.1 Å². The van der Waals surface area contributed by atoms with Crippen molar-refractivity contribution in [1.82, 2.24) is 5.16 Å². The Balaban J connectivity index is 2.35. The van der Waals surface area contributed by atoms with E-state index in [9.17, 15) is 4.79 Å². The molecule has 0 aliphatic carbocycles. The number of carbonyl (C=O) groups is 1. The molecule has 0 unspecified atom stereocenters. The second kappa shape index (κ2) is 3.73. The summed E-state index contributed by atoms with van der Waals surface area (Å²) >= 11 is 0. The lowest BCUT2D eigenvalue weighted by atomic mass is 10.1. The number of carboxylic acids is 1. The molecule has 0 spiro atoms. The quantitative estimate of drug-likeness (QED) is 0.833. The molecule has 0 atom stereocenters. The van der Waals surface area contributed by atoms with Crippen LogP contribution in [0.5, 0.6) is 0 Å². The van der Waals surface area contributed by atoms with Gasteiger partial charge >= 0.3 is 5.97 Å². The molecule has 0 fully saturated rings. The van der Waals surface area contributed by atoms with Gasteiger partial charge in [0.1, 0.15) is 11.3 Å². The molecule has 1 N–H and O–H groups in total. The van der Waals surface area contributed by atoms with Crippen LogP contribution in [0.25, 0.3) is 10.9 Å². The van der Waals surface area contributed by atoms with E-state index in [-0.39, 0.29) is 6.42 Å². The number of aryl methyl sites for hydroxylation is 2. The van der Waals surface area contributed by atoms with Crippen molar-refractivity contribution in [2.75, 3.05) is 0 Å². The first-order chi connectivity index (χ1) is 7.16. The summed E-state index contributed by atoms with van der Waals surface area (Å²) in [5, 5.41) is 13.4. The van der Waals surface area contributed by atoms with Gasteiger partial charge < -0.3 is 9.63 Å². The van der Waals surface area contributed by atoms with Crippen LogP contribution in [0.2, 0.25) is 0 Å². The minimum Gasteiger partial charge on any atom is -0.481 e. The third-order valence-electron chi connectivity index (χ3n) is 2.27. The minimum absolute atomic E-state index is 0.0677. The molecule has 1 aromatic carbocycles. The van der Waals surface area contributed by atoms with E-state index < -0.39 is 5.97 Å². The number of aromatic nitrogens is 1. The number of carboxylic acid groups (broad SMARTS) is 1. The van der Waals surface area contributed by atoms with Crippen molar-refractivity contribution in [3.05, 3.63) is 29.5 Å². The highest BCUT2D eigenvalue weighted by Crippen LogP contribution is 2.20. The fourth-order valence-electron chi connectivity index (χ4n) is 1.51. The van der Waals surface area contributed by atoms with Gasteiger partial charge in [-0.1, -0.05) is 16.8 Å². The lowest BCUT2D eigenvalue weighted by Gasteiger charge is -1.94. The molecule has 1 aromatic heterocycles. The summed E-state index contributed by atoms with van der Waals surface area (Å²) in [7, 11) is 0. The average molecular weight is 205 g/mol. The van der Waals surface area contributed by atoms with Gasteiger partial charge in [0.05, 0.1) is 6.42 Å². The Morgan fingerprint density at radius 2 is 2.33 bits per heavy atom. The summed E-state index contributed by atoms with van der Waals surface area (Å²) in [6.45, 7) is 1.98. The van der Waals surface area contributed by atoms with E-state index in [4.69, 9.17) is 9.63 Å². The summed E-state index contributed by atoms with van der Waals surface area (Å²) < 4.78 is 5.11. The maximum Gasteiger partial charge on any atom is 0.303 e. The van der Waals surface area contributed by atoms with Crippen molar-refractivity contribution in [3.8, 4) is 0 Å². The van der Waals surface area contributed by atoms with Gasteiger partial charge in [-0.3, -0.25) is 4.79 Å². The van der Waals surface area contributed by atoms with Gasteiger partial charge in [0.25, 0.3) is 0 Å². The lowest BCUT2D eigenvalue weighted by Crippen LogP contribution is -1.96. The van der Waals surface area contributed by atoms with Crippen LogP contribution in [0, 0.1) is 6.92 Å². The Hall–Kier alpha value is -1.84. The van der Waals surface area contributed by atoms with Crippen LogP contribution in [0.15, 0.2) is 22.7 Å². The van der Waals surface area contributed by atoms with Gasteiger partial charge in [0.2, 0.25) is 0 Å². The van der Waals surface area contributed by atoms with Gasteiger partial charge in [-0.05, 0) is 19.1 Å². The van der Waals surface area contributed by atoms with Crippen molar-refractivity contribution in [2.45, 2.75) is 19.8 Å². The molecular weight excluding hydrogens is 194 g/mol. The molecule has 0 aliphatic heterocycles. The number of benzene rings is 1. The molecule has 78 valence electrons. The number of nitrogens with zero attached hydrogens (tertiary/aromatic N) is 1. The Labute approximate surface area is 86.5 Å². The molecule has 1 heterocycles. The van der Waals surface area contributed by atoms with E-state index in [0.29, 0.717) is 12.2 Å². The fourth-order valence-corrected chi connectivity index (χ4v) is 1.51. The van der Waals surface area contributed by atoms with Crippen LogP contribution < -0.4 is 0 Å². The molecule has 4 heteroatoms. The predicted octanol–water partition coefficient (Wildman–Crippen LogP) is 2.15. The molecule has 0 radical (unpaired) electrons.